The molecule has 0 unspecified atom stereocenters. The average Bonchev–Trinajstić information content (AvgIpc) is 2.56. The summed E-state index contributed by atoms with van der Waals surface area (Å²) in [5.41, 5.74) is 0. The van der Waals surface area contributed by atoms with Crippen molar-refractivity contribution in [1.82, 2.24) is 5.32 Å². The lowest BCUT2D eigenvalue weighted by Gasteiger charge is -2.09. The molecule has 1 amide bonds. The summed E-state index contributed by atoms with van der Waals surface area (Å²) in [6, 6.07) is 12.5. The molecular formula is C17H17F2NO3. The summed E-state index contributed by atoms with van der Waals surface area (Å²) in [6.07, 6.45) is 0.222. The minimum Gasteiger partial charge on any atom is -0.493 e. The Kier molecular flexibility index (Phi) is 6.35. The third-order valence-electron chi connectivity index (χ3n) is 2.93. The van der Waals surface area contributed by atoms with Crippen LogP contribution < -0.4 is 14.8 Å². The van der Waals surface area contributed by atoms with E-state index in [9.17, 15) is 13.6 Å². The molecule has 4 nitrogen and oxygen atoms in total. The predicted molar refractivity (Wildman–Crippen MR) is 81.4 cm³/mol. The molecule has 6 heteroatoms. The molecule has 122 valence electrons. The number of hydrogen-bond acceptors (Lipinski definition) is 3. The summed E-state index contributed by atoms with van der Waals surface area (Å²) >= 11 is 0. The Hall–Kier alpha value is -2.63. The Morgan fingerprint density at radius 1 is 0.913 bits per heavy atom. The maximum absolute atomic E-state index is 13.0. The summed E-state index contributed by atoms with van der Waals surface area (Å²) in [6.45, 7) is 0.708. The second kappa shape index (κ2) is 8.73. The van der Waals surface area contributed by atoms with E-state index in [4.69, 9.17) is 9.47 Å². The summed E-state index contributed by atoms with van der Waals surface area (Å²) in [5.74, 6) is -1.14. The number of halogens is 2. The normalized spacial score (nSPS) is 10.2. The van der Waals surface area contributed by atoms with Crippen LogP contribution >= 0.6 is 0 Å². The van der Waals surface area contributed by atoms with Gasteiger partial charge in [0.25, 0.3) is 0 Å². The van der Waals surface area contributed by atoms with Crippen molar-refractivity contribution in [2.75, 3.05) is 19.8 Å². The van der Waals surface area contributed by atoms with Crippen LogP contribution in [0.2, 0.25) is 0 Å². The standard InChI is InChI=1S/C17H17F2NO3/c18-15-7-6-14(12-16(15)19)23-11-9-20-17(21)8-10-22-13-4-2-1-3-5-13/h1-7,12H,8-11H2,(H,20,21). The van der Waals surface area contributed by atoms with Crippen molar-refractivity contribution >= 4 is 5.91 Å². The fourth-order valence-corrected chi connectivity index (χ4v) is 1.79. The van der Waals surface area contributed by atoms with E-state index in [1.54, 1.807) is 0 Å². The Bertz CT molecular complexity index is 635. The van der Waals surface area contributed by atoms with Gasteiger partial charge in [0.2, 0.25) is 5.91 Å². The van der Waals surface area contributed by atoms with Crippen LogP contribution in [0, 0.1) is 11.6 Å². The monoisotopic (exact) mass is 321 g/mol. The fraction of sp³-hybridized carbons (Fsp3) is 0.235. The minimum absolute atomic E-state index is 0.163. The molecule has 0 aliphatic carbocycles. The van der Waals surface area contributed by atoms with E-state index < -0.39 is 11.6 Å². The molecule has 0 atom stereocenters. The number of rotatable bonds is 8. The van der Waals surface area contributed by atoms with Gasteiger partial charge in [-0.1, -0.05) is 18.2 Å². The zero-order valence-corrected chi connectivity index (χ0v) is 12.4. The lowest BCUT2D eigenvalue weighted by molar-refractivity contribution is -0.121. The zero-order chi connectivity index (χ0) is 16.5. The van der Waals surface area contributed by atoms with Crippen molar-refractivity contribution in [3.63, 3.8) is 0 Å². The first-order chi connectivity index (χ1) is 11.1. The molecule has 0 spiro atoms. The van der Waals surface area contributed by atoms with Crippen LogP contribution in [0.5, 0.6) is 11.5 Å². The quantitative estimate of drug-likeness (QED) is 0.761. The SMILES string of the molecule is O=C(CCOc1ccccc1)NCCOc1ccc(F)c(F)c1. The summed E-state index contributed by atoms with van der Waals surface area (Å²) in [7, 11) is 0. The van der Waals surface area contributed by atoms with Gasteiger partial charge in [-0.2, -0.15) is 0 Å². The van der Waals surface area contributed by atoms with Crippen LogP contribution in [0.4, 0.5) is 8.78 Å². The highest BCUT2D eigenvalue weighted by atomic mass is 19.2. The highest BCUT2D eigenvalue weighted by molar-refractivity contribution is 5.75. The second-order valence-electron chi connectivity index (χ2n) is 4.69. The van der Waals surface area contributed by atoms with E-state index in [0.29, 0.717) is 5.75 Å². The van der Waals surface area contributed by atoms with Gasteiger partial charge in [0.1, 0.15) is 18.1 Å². The second-order valence-corrected chi connectivity index (χ2v) is 4.69. The maximum atomic E-state index is 13.0. The molecule has 0 saturated heterocycles. The first kappa shape index (κ1) is 16.7. The maximum Gasteiger partial charge on any atom is 0.223 e. The number of carbonyl (C=O) groups excluding carboxylic acids is 1. The van der Waals surface area contributed by atoms with Gasteiger partial charge in [0, 0.05) is 6.07 Å². The van der Waals surface area contributed by atoms with Crippen molar-refractivity contribution in [3.05, 3.63) is 60.2 Å². The van der Waals surface area contributed by atoms with E-state index in [0.717, 1.165) is 12.1 Å². The van der Waals surface area contributed by atoms with E-state index in [-0.39, 0.29) is 37.8 Å². The first-order valence-electron chi connectivity index (χ1n) is 7.17. The molecule has 2 aromatic carbocycles. The molecule has 0 aromatic heterocycles. The van der Waals surface area contributed by atoms with Gasteiger partial charge in [-0.15, -0.1) is 0 Å². The molecule has 0 bridgehead atoms. The van der Waals surface area contributed by atoms with Gasteiger partial charge in [0.15, 0.2) is 11.6 Å². The van der Waals surface area contributed by atoms with E-state index in [1.807, 2.05) is 30.3 Å². The molecule has 2 aromatic rings. The van der Waals surface area contributed by atoms with Crippen molar-refractivity contribution < 1.29 is 23.0 Å². The van der Waals surface area contributed by atoms with Crippen LogP contribution in [0.25, 0.3) is 0 Å². The molecule has 23 heavy (non-hydrogen) atoms. The first-order valence-corrected chi connectivity index (χ1v) is 7.17. The van der Waals surface area contributed by atoms with Gasteiger partial charge < -0.3 is 14.8 Å². The van der Waals surface area contributed by atoms with Crippen LogP contribution in [0.1, 0.15) is 6.42 Å². The summed E-state index contributed by atoms with van der Waals surface area (Å²) in [5, 5.41) is 2.65. The average molecular weight is 321 g/mol. The molecule has 2 rings (SSSR count). The Balaban J connectivity index is 1.58. The zero-order valence-electron chi connectivity index (χ0n) is 12.4. The predicted octanol–water partition coefficient (Wildman–Crippen LogP) is 2.93. The lowest BCUT2D eigenvalue weighted by atomic mass is 10.3. The Morgan fingerprint density at radius 3 is 2.39 bits per heavy atom. The topological polar surface area (TPSA) is 47.6 Å². The van der Waals surface area contributed by atoms with Crippen molar-refractivity contribution in [1.29, 1.82) is 0 Å². The van der Waals surface area contributed by atoms with Crippen LogP contribution in [-0.2, 0) is 4.79 Å². The molecule has 0 radical (unpaired) electrons. The fourth-order valence-electron chi connectivity index (χ4n) is 1.79. The van der Waals surface area contributed by atoms with Gasteiger partial charge >= 0.3 is 0 Å². The van der Waals surface area contributed by atoms with Gasteiger partial charge in [0.05, 0.1) is 19.6 Å². The van der Waals surface area contributed by atoms with Crippen molar-refractivity contribution in [2.24, 2.45) is 0 Å². The van der Waals surface area contributed by atoms with Crippen LogP contribution in [-0.4, -0.2) is 25.7 Å². The van der Waals surface area contributed by atoms with Crippen LogP contribution in [0.3, 0.4) is 0 Å². The third kappa shape index (κ3) is 5.94. The molecule has 0 aliphatic heterocycles. The van der Waals surface area contributed by atoms with E-state index >= 15 is 0 Å². The number of nitrogens with one attached hydrogen (secondary N) is 1. The smallest absolute Gasteiger partial charge is 0.223 e. The van der Waals surface area contributed by atoms with Crippen molar-refractivity contribution in [3.8, 4) is 11.5 Å². The molecule has 0 aliphatic rings. The van der Waals surface area contributed by atoms with Gasteiger partial charge in [-0.3, -0.25) is 4.79 Å². The summed E-state index contributed by atoms with van der Waals surface area (Å²) in [4.78, 5) is 11.6. The molecular weight excluding hydrogens is 304 g/mol. The lowest BCUT2D eigenvalue weighted by Crippen LogP contribution is -2.29. The Morgan fingerprint density at radius 2 is 1.65 bits per heavy atom. The number of para-hydroxylation sites is 1. The number of amides is 1. The molecule has 0 fully saturated rings. The number of ether oxygens (including phenoxy) is 2. The Labute approximate surface area is 133 Å². The van der Waals surface area contributed by atoms with Gasteiger partial charge in [-0.05, 0) is 24.3 Å². The van der Waals surface area contributed by atoms with Crippen LogP contribution in [0.15, 0.2) is 48.5 Å². The van der Waals surface area contributed by atoms with E-state index in [2.05, 4.69) is 5.32 Å². The molecule has 1 N–H and O–H groups in total. The van der Waals surface area contributed by atoms with E-state index in [1.165, 1.54) is 6.07 Å². The largest absolute Gasteiger partial charge is 0.493 e. The number of hydrogen-bond donors (Lipinski definition) is 1. The highest BCUT2D eigenvalue weighted by Crippen LogP contribution is 2.15. The number of benzene rings is 2. The van der Waals surface area contributed by atoms with Crippen molar-refractivity contribution in [2.45, 2.75) is 6.42 Å². The third-order valence-corrected chi connectivity index (χ3v) is 2.93. The summed E-state index contributed by atoms with van der Waals surface area (Å²) < 4.78 is 36.3. The minimum atomic E-state index is -0.968. The molecule has 0 saturated carbocycles. The number of carbonyl (C=O) groups is 1. The highest BCUT2D eigenvalue weighted by Gasteiger charge is 2.04. The van der Waals surface area contributed by atoms with Gasteiger partial charge in [-0.25, -0.2) is 8.78 Å². The molecule has 0 heterocycles.